The summed E-state index contributed by atoms with van der Waals surface area (Å²) in [5.41, 5.74) is 1.89. The Morgan fingerprint density at radius 3 is 1.63 bits per heavy atom. The van der Waals surface area contributed by atoms with E-state index >= 15 is 0 Å². The molecule has 11 nitrogen and oxygen atoms in total. The first-order valence-corrected chi connectivity index (χ1v) is 24.1. The fraction of sp³-hybridized carbons (Fsp3) is 0.377. The summed E-state index contributed by atoms with van der Waals surface area (Å²) in [4.78, 5) is 26.3. The number of rotatable bonds is 18. The van der Waals surface area contributed by atoms with Crippen LogP contribution >= 0.6 is 0 Å². The molecule has 0 saturated carbocycles. The fourth-order valence-corrected chi connectivity index (χ4v) is 12.7. The number of hydrogen-bond donors (Lipinski definition) is 1. The Morgan fingerprint density at radius 1 is 0.708 bits per heavy atom. The number of carbonyl (C=O) groups excluding carboxylic acids is 1. The van der Waals surface area contributed by atoms with E-state index in [1.54, 1.807) is 20.8 Å². The van der Waals surface area contributed by atoms with Gasteiger partial charge >= 0.3 is 6.09 Å². The third-order valence-electron chi connectivity index (χ3n) is 11.1. The van der Waals surface area contributed by atoms with Crippen LogP contribution in [0.5, 0.6) is 0 Å². The van der Waals surface area contributed by atoms with Crippen LogP contribution in [0, 0.1) is 22.0 Å². The van der Waals surface area contributed by atoms with E-state index in [1.165, 1.54) is 0 Å². The average Bonchev–Trinajstić information content (AvgIpc) is 3.28. The van der Waals surface area contributed by atoms with Gasteiger partial charge in [0, 0.05) is 18.0 Å². The summed E-state index contributed by atoms with van der Waals surface area (Å²) in [5.74, 6) is 6.28. The van der Waals surface area contributed by atoms with Gasteiger partial charge in [-0.25, -0.2) is 4.79 Å². The highest BCUT2D eigenvalue weighted by atomic mass is 28.4. The van der Waals surface area contributed by atoms with Gasteiger partial charge in [0.1, 0.15) is 17.8 Å². The zero-order valence-electron chi connectivity index (χ0n) is 38.3. The largest absolute Gasteiger partial charge is 0.444 e. The van der Waals surface area contributed by atoms with Gasteiger partial charge in [0.25, 0.3) is 14.4 Å². The van der Waals surface area contributed by atoms with Crippen molar-refractivity contribution in [2.45, 2.75) is 115 Å². The number of amides is 1. The summed E-state index contributed by atoms with van der Waals surface area (Å²) in [5, 5.41) is 18.2. The lowest BCUT2D eigenvalue weighted by Crippen LogP contribution is -2.66. The number of carbonyl (C=O) groups is 1. The highest BCUT2D eigenvalue weighted by Crippen LogP contribution is 2.37. The van der Waals surface area contributed by atoms with Crippen LogP contribution in [0.4, 0.5) is 4.79 Å². The van der Waals surface area contributed by atoms with Crippen molar-refractivity contribution in [2.24, 2.45) is 0 Å². The molecular weight excluding hydrogens is 837 g/mol. The molecule has 0 aliphatic carbocycles. The Kier molecular flexibility index (Phi) is 17.3. The van der Waals surface area contributed by atoms with Crippen molar-refractivity contribution in [3.63, 3.8) is 0 Å². The molecule has 12 heteroatoms. The molecule has 1 heterocycles. The number of nitro groups is 1. The van der Waals surface area contributed by atoms with Crippen molar-refractivity contribution < 1.29 is 37.8 Å². The van der Waals surface area contributed by atoms with Crippen LogP contribution in [0.1, 0.15) is 64.7 Å². The highest BCUT2D eigenvalue weighted by molar-refractivity contribution is 6.99. The second kappa shape index (κ2) is 23.0. The Bertz CT molecular complexity index is 2240. The molecule has 1 amide bonds. The van der Waals surface area contributed by atoms with Crippen molar-refractivity contribution in [1.29, 1.82) is 0 Å². The predicted octanol–water partition coefficient (Wildman–Crippen LogP) is 8.65. The van der Waals surface area contributed by atoms with E-state index in [9.17, 15) is 14.9 Å². The Labute approximate surface area is 385 Å². The summed E-state index contributed by atoms with van der Waals surface area (Å²) in [6.07, 6.45) is -4.57. The molecule has 5 aromatic carbocycles. The second-order valence-electron chi connectivity index (χ2n) is 18.2. The molecule has 6 rings (SSSR count). The lowest BCUT2D eigenvalue weighted by atomic mass is 9.92. The third-order valence-corrected chi connectivity index (χ3v) is 16.1. The Balaban J connectivity index is 1.35. The summed E-state index contributed by atoms with van der Waals surface area (Å²) in [7, 11) is -2.96. The van der Waals surface area contributed by atoms with Gasteiger partial charge < -0.3 is 33.4 Å². The van der Waals surface area contributed by atoms with Gasteiger partial charge in [-0.15, -0.1) is 0 Å². The van der Waals surface area contributed by atoms with Crippen LogP contribution in [0.3, 0.4) is 0 Å². The Morgan fingerprint density at radius 2 is 1.17 bits per heavy atom. The molecule has 1 unspecified atom stereocenters. The maximum Gasteiger partial charge on any atom is 0.408 e. The first-order valence-electron chi connectivity index (χ1n) is 22.2. The van der Waals surface area contributed by atoms with Crippen molar-refractivity contribution in [3.05, 3.63) is 178 Å². The van der Waals surface area contributed by atoms with Crippen LogP contribution in [-0.2, 0) is 47.9 Å². The van der Waals surface area contributed by atoms with Crippen LogP contribution in [0.25, 0.3) is 0 Å². The fourth-order valence-electron chi connectivity index (χ4n) is 8.11. The molecule has 0 aromatic heterocycles. The van der Waals surface area contributed by atoms with Crippen LogP contribution in [-0.4, -0.2) is 74.6 Å². The zero-order chi connectivity index (χ0) is 46.3. The lowest BCUT2D eigenvalue weighted by Gasteiger charge is -2.43. The summed E-state index contributed by atoms with van der Waals surface area (Å²) < 4.78 is 38.8. The number of hydrogen-bond acceptors (Lipinski definition) is 9. The first kappa shape index (κ1) is 48.8. The smallest absolute Gasteiger partial charge is 0.408 e. The van der Waals surface area contributed by atoms with Crippen LogP contribution in [0.2, 0.25) is 5.04 Å². The molecule has 0 radical (unpaired) electrons. The standard InChI is InChI=1S/C53H62N2O9Si/c1-52(2,3)64-51(56)54-43(34-35-62-65(53(4,5)6,44-28-18-10-19-29-44)45-30-20-11-21-31-45)32-33-46-48(55(57)58)50(61-38-42-26-16-9-17-27-42)49(60-37-41-24-14-8-15-25-41)47(63-46)39-59-36-40-22-12-7-13-23-40/h7-31,43,46-50H,34-39H2,1-6H3,(H,54,56)/t43?,46-,47+,48-,49+,50+/m0/s1. The molecular formula is C53H62N2O9Si. The predicted molar refractivity (Wildman–Crippen MR) is 255 cm³/mol. The van der Waals surface area contributed by atoms with Gasteiger partial charge in [0.15, 0.2) is 12.2 Å². The molecule has 6 atom stereocenters. The van der Waals surface area contributed by atoms with Crippen LogP contribution in [0.15, 0.2) is 152 Å². The molecule has 1 saturated heterocycles. The average molecular weight is 899 g/mol. The Hall–Kier alpha value is -5.65. The van der Waals surface area contributed by atoms with Crippen molar-refractivity contribution in [1.82, 2.24) is 5.32 Å². The molecule has 0 bridgehead atoms. The summed E-state index contributed by atoms with van der Waals surface area (Å²) >= 11 is 0. The maximum atomic E-state index is 13.4. The lowest BCUT2D eigenvalue weighted by molar-refractivity contribution is -0.557. The third kappa shape index (κ3) is 13.7. The summed E-state index contributed by atoms with van der Waals surface area (Å²) in [6, 6.07) is 47.0. The number of alkyl carbamates (subject to hydrolysis) is 1. The minimum atomic E-state index is -2.96. The molecule has 65 heavy (non-hydrogen) atoms. The SMILES string of the molecule is CC(C)(C)OC(=O)NC(C#C[C@@H]1O[C@H](COCc2ccccc2)[C@@H](OCc2ccccc2)[C@H](OCc2ccccc2)[C@H]1[N+](=O)[O-])CCO[Si](c1ccccc1)(c1ccccc1)C(C)(C)C. The van der Waals surface area contributed by atoms with Gasteiger partial charge in [-0.3, -0.25) is 10.1 Å². The number of nitrogens with one attached hydrogen (secondary N) is 1. The van der Waals surface area contributed by atoms with Gasteiger partial charge in [-0.1, -0.05) is 184 Å². The first-order chi connectivity index (χ1) is 31.2. The number of nitrogens with zero attached hydrogens (tertiary/aromatic N) is 1. The van der Waals surface area contributed by atoms with Gasteiger partial charge in [-0.05, 0) is 52.9 Å². The quantitative estimate of drug-likeness (QED) is 0.0398. The van der Waals surface area contributed by atoms with E-state index in [-0.39, 0.29) is 44.5 Å². The number of benzene rings is 5. The molecule has 1 aliphatic rings. The van der Waals surface area contributed by atoms with Crippen molar-refractivity contribution in [2.75, 3.05) is 13.2 Å². The maximum absolute atomic E-state index is 13.4. The van der Waals surface area contributed by atoms with Gasteiger partial charge in [0.2, 0.25) is 0 Å². The van der Waals surface area contributed by atoms with E-state index < -0.39 is 61.4 Å². The second-order valence-corrected chi connectivity index (χ2v) is 22.5. The summed E-state index contributed by atoms with van der Waals surface area (Å²) in [6.45, 7) is 12.7. The number of ether oxygens (including phenoxy) is 5. The van der Waals surface area contributed by atoms with Gasteiger partial charge in [-0.2, -0.15) is 0 Å². The minimum Gasteiger partial charge on any atom is -0.444 e. The monoisotopic (exact) mass is 898 g/mol. The van der Waals surface area contributed by atoms with Crippen molar-refractivity contribution in [3.8, 4) is 11.8 Å². The molecule has 1 aliphatic heterocycles. The normalized spacial score (nSPS) is 19.3. The topological polar surface area (TPSA) is 128 Å². The highest BCUT2D eigenvalue weighted by Gasteiger charge is 2.54. The van der Waals surface area contributed by atoms with E-state index in [0.29, 0.717) is 0 Å². The molecule has 0 spiro atoms. The minimum absolute atomic E-state index is 0.0358. The van der Waals surface area contributed by atoms with E-state index in [4.69, 9.17) is 28.1 Å². The molecule has 1 N–H and O–H groups in total. The zero-order valence-corrected chi connectivity index (χ0v) is 39.3. The van der Waals surface area contributed by atoms with E-state index in [0.717, 1.165) is 27.1 Å². The molecule has 342 valence electrons. The molecule has 5 aromatic rings. The van der Waals surface area contributed by atoms with Crippen LogP contribution < -0.4 is 15.7 Å². The van der Waals surface area contributed by atoms with E-state index in [1.807, 2.05) is 127 Å². The van der Waals surface area contributed by atoms with Crippen molar-refractivity contribution >= 4 is 24.8 Å². The van der Waals surface area contributed by atoms with E-state index in [2.05, 4.69) is 62.2 Å². The van der Waals surface area contributed by atoms with Gasteiger partial charge in [0.05, 0.1) is 32.5 Å². The molecule has 1 fully saturated rings.